The quantitative estimate of drug-likeness (QED) is 0.790. The van der Waals surface area contributed by atoms with E-state index in [0.717, 1.165) is 17.1 Å². The molecule has 4 heteroatoms. The van der Waals surface area contributed by atoms with E-state index in [1.165, 1.54) is 5.56 Å². The maximum absolute atomic E-state index is 12.0. The molecule has 0 aliphatic carbocycles. The molecule has 0 aliphatic heterocycles. The van der Waals surface area contributed by atoms with E-state index in [1.54, 1.807) is 11.3 Å². The molecule has 2 rings (SSSR count). The molecule has 0 saturated heterocycles. The van der Waals surface area contributed by atoms with E-state index in [9.17, 15) is 4.79 Å². The van der Waals surface area contributed by atoms with Gasteiger partial charge in [-0.25, -0.2) is 4.98 Å². The van der Waals surface area contributed by atoms with Crippen molar-refractivity contribution in [3.8, 4) is 0 Å². The van der Waals surface area contributed by atoms with Crippen molar-refractivity contribution >= 4 is 17.3 Å². The lowest BCUT2D eigenvalue weighted by atomic mass is 9.90. The van der Waals surface area contributed by atoms with Crippen LogP contribution >= 0.6 is 11.3 Å². The third-order valence-electron chi connectivity index (χ3n) is 3.18. The minimum absolute atomic E-state index is 0.225. The van der Waals surface area contributed by atoms with E-state index < -0.39 is 5.41 Å². The first kappa shape index (κ1) is 14.7. The molecule has 0 N–H and O–H groups in total. The molecule has 0 radical (unpaired) electrons. The SMILES string of the molecule is CCOC(=O)C(C)(C)c1csc(Cc2ccccc2)n1. The Labute approximate surface area is 123 Å². The number of ether oxygens (including phenoxy) is 1. The van der Waals surface area contributed by atoms with Gasteiger partial charge in [-0.05, 0) is 26.3 Å². The summed E-state index contributed by atoms with van der Waals surface area (Å²) in [6, 6.07) is 10.2. The zero-order valence-electron chi connectivity index (χ0n) is 12.1. The van der Waals surface area contributed by atoms with Crippen LogP contribution in [0.4, 0.5) is 0 Å². The van der Waals surface area contributed by atoms with Crippen LogP contribution in [0.15, 0.2) is 35.7 Å². The van der Waals surface area contributed by atoms with E-state index >= 15 is 0 Å². The van der Waals surface area contributed by atoms with Crippen LogP contribution in [0.2, 0.25) is 0 Å². The predicted octanol–water partition coefficient (Wildman–Crippen LogP) is 3.57. The number of carbonyl (C=O) groups excluding carboxylic acids is 1. The summed E-state index contributed by atoms with van der Waals surface area (Å²) >= 11 is 1.59. The van der Waals surface area contributed by atoms with Crippen LogP contribution in [0.3, 0.4) is 0 Å². The Morgan fingerprint density at radius 1 is 1.30 bits per heavy atom. The first-order valence-corrected chi connectivity index (χ1v) is 7.58. The Bertz CT molecular complexity index is 575. The van der Waals surface area contributed by atoms with Gasteiger partial charge in [-0.3, -0.25) is 4.79 Å². The molecule has 3 nitrogen and oxygen atoms in total. The number of hydrogen-bond donors (Lipinski definition) is 0. The smallest absolute Gasteiger partial charge is 0.317 e. The molecule has 1 heterocycles. The van der Waals surface area contributed by atoms with Crippen LogP contribution in [0.5, 0.6) is 0 Å². The lowest BCUT2D eigenvalue weighted by molar-refractivity contribution is -0.148. The molecule has 0 fully saturated rings. The summed E-state index contributed by atoms with van der Waals surface area (Å²) in [5.74, 6) is -0.225. The third kappa shape index (κ3) is 3.25. The minimum atomic E-state index is -0.693. The highest BCUT2D eigenvalue weighted by molar-refractivity contribution is 7.09. The third-order valence-corrected chi connectivity index (χ3v) is 4.02. The lowest BCUT2D eigenvalue weighted by Crippen LogP contribution is -2.31. The number of nitrogens with zero attached hydrogens (tertiary/aromatic N) is 1. The fourth-order valence-electron chi connectivity index (χ4n) is 1.87. The molecule has 0 amide bonds. The molecule has 20 heavy (non-hydrogen) atoms. The zero-order valence-corrected chi connectivity index (χ0v) is 12.9. The summed E-state index contributed by atoms with van der Waals surface area (Å²) < 4.78 is 5.11. The van der Waals surface area contributed by atoms with Crippen molar-refractivity contribution in [3.63, 3.8) is 0 Å². The molecule has 106 valence electrons. The van der Waals surface area contributed by atoms with Gasteiger partial charge in [0.25, 0.3) is 0 Å². The number of hydrogen-bond acceptors (Lipinski definition) is 4. The molecular weight excluding hydrogens is 270 g/mol. The van der Waals surface area contributed by atoms with Gasteiger partial charge in [0.05, 0.1) is 17.3 Å². The second kappa shape index (κ2) is 6.18. The van der Waals surface area contributed by atoms with Gasteiger partial charge in [0.15, 0.2) is 0 Å². The highest BCUT2D eigenvalue weighted by Gasteiger charge is 2.33. The van der Waals surface area contributed by atoms with Crippen molar-refractivity contribution < 1.29 is 9.53 Å². The molecule has 0 bridgehead atoms. The van der Waals surface area contributed by atoms with Gasteiger partial charge in [-0.2, -0.15) is 0 Å². The van der Waals surface area contributed by atoms with Gasteiger partial charge in [0.1, 0.15) is 5.41 Å². The molecule has 0 spiro atoms. The summed E-state index contributed by atoms with van der Waals surface area (Å²) in [4.78, 5) is 16.6. The Balaban J connectivity index is 2.14. The summed E-state index contributed by atoms with van der Waals surface area (Å²) in [6.45, 7) is 5.91. The Morgan fingerprint density at radius 2 is 2.00 bits per heavy atom. The minimum Gasteiger partial charge on any atom is -0.465 e. The first-order chi connectivity index (χ1) is 9.54. The summed E-state index contributed by atoms with van der Waals surface area (Å²) in [5.41, 5.74) is 1.32. The maximum Gasteiger partial charge on any atom is 0.317 e. The molecule has 0 saturated carbocycles. The summed E-state index contributed by atoms with van der Waals surface area (Å²) in [5, 5.41) is 2.97. The molecule has 1 aromatic heterocycles. The van der Waals surface area contributed by atoms with Crippen molar-refractivity contribution in [3.05, 3.63) is 52.0 Å². The van der Waals surface area contributed by atoms with Crippen molar-refractivity contribution in [1.29, 1.82) is 0 Å². The van der Waals surface area contributed by atoms with Crippen LogP contribution < -0.4 is 0 Å². The second-order valence-electron chi connectivity index (χ2n) is 5.13. The average molecular weight is 289 g/mol. The lowest BCUT2D eigenvalue weighted by Gasteiger charge is -2.19. The van der Waals surface area contributed by atoms with Gasteiger partial charge in [0.2, 0.25) is 0 Å². The normalized spacial score (nSPS) is 11.3. The number of esters is 1. The Morgan fingerprint density at radius 3 is 2.65 bits per heavy atom. The van der Waals surface area contributed by atoms with Crippen LogP contribution in [0.25, 0.3) is 0 Å². The number of benzene rings is 1. The number of rotatable bonds is 5. The highest BCUT2D eigenvalue weighted by atomic mass is 32.1. The van der Waals surface area contributed by atoms with Crippen molar-refractivity contribution in [1.82, 2.24) is 4.98 Å². The first-order valence-electron chi connectivity index (χ1n) is 6.70. The van der Waals surface area contributed by atoms with E-state index in [2.05, 4.69) is 17.1 Å². The fourth-order valence-corrected chi connectivity index (χ4v) is 2.86. The standard InChI is InChI=1S/C16H19NO2S/c1-4-19-15(18)16(2,3)13-11-20-14(17-13)10-12-8-6-5-7-9-12/h5-9,11H,4,10H2,1-3H3. The molecule has 2 aromatic rings. The average Bonchev–Trinajstić information content (AvgIpc) is 2.89. The maximum atomic E-state index is 12.0. The van der Waals surface area contributed by atoms with Gasteiger partial charge in [-0.1, -0.05) is 30.3 Å². The van der Waals surface area contributed by atoms with Crippen LogP contribution in [0.1, 0.15) is 37.0 Å². The molecule has 0 atom stereocenters. The topological polar surface area (TPSA) is 39.2 Å². The van der Waals surface area contributed by atoms with Gasteiger partial charge < -0.3 is 4.74 Å². The Kier molecular flexibility index (Phi) is 4.55. The monoisotopic (exact) mass is 289 g/mol. The second-order valence-corrected chi connectivity index (χ2v) is 6.08. The molecular formula is C16H19NO2S. The van der Waals surface area contributed by atoms with Crippen LogP contribution in [0, 0.1) is 0 Å². The number of aromatic nitrogens is 1. The van der Waals surface area contributed by atoms with Crippen molar-refractivity contribution in [2.24, 2.45) is 0 Å². The predicted molar refractivity (Wildman–Crippen MR) is 81.0 cm³/mol. The Hall–Kier alpha value is -1.68. The van der Waals surface area contributed by atoms with Gasteiger partial charge in [-0.15, -0.1) is 11.3 Å². The molecule has 0 unspecified atom stereocenters. The van der Waals surface area contributed by atoms with E-state index in [-0.39, 0.29) is 5.97 Å². The molecule has 0 aliphatic rings. The van der Waals surface area contributed by atoms with E-state index in [1.807, 2.05) is 44.4 Å². The number of carbonyl (C=O) groups is 1. The summed E-state index contributed by atoms with van der Waals surface area (Å²) in [7, 11) is 0. The van der Waals surface area contributed by atoms with E-state index in [4.69, 9.17) is 4.74 Å². The fraction of sp³-hybridized carbons (Fsp3) is 0.375. The van der Waals surface area contributed by atoms with Crippen LogP contribution in [-0.4, -0.2) is 17.6 Å². The largest absolute Gasteiger partial charge is 0.465 e. The van der Waals surface area contributed by atoms with Gasteiger partial charge >= 0.3 is 5.97 Å². The van der Waals surface area contributed by atoms with E-state index in [0.29, 0.717) is 6.61 Å². The number of thiazole rings is 1. The van der Waals surface area contributed by atoms with Crippen LogP contribution in [-0.2, 0) is 21.4 Å². The highest BCUT2D eigenvalue weighted by Crippen LogP contribution is 2.27. The molecule has 1 aromatic carbocycles. The van der Waals surface area contributed by atoms with Crippen molar-refractivity contribution in [2.75, 3.05) is 6.61 Å². The van der Waals surface area contributed by atoms with Crippen molar-refractivity contribution in [2.45, 2.75) is 32.6 Å². The summed E-state index contributed by atoms with van der Waals surface area (Å²) in [6.07, 6.45) is 0.796. The zero-order chi connectivity index (χ0) is 14.6. The van der Waals surface area contributed by atoms with Gasteiger partial charge in [0, 0.05) is 11.8 Å².